The first kappa shape index (κ1) is 13.7. The van der Waals surface area contributed by atoms with E-state index in [0.29, 0.717) is 6.42 Å². The van der Waals surface area contributed by atoms with Crippen molar-refractivity contribution in [3.63, 3.8) is 0 Å². The third-order valence-electron chi connectivity index (χ3n) is 2.97. The van der Waals surface area contributed by atoms with E-state index in [2.05, 4.69) is 15.5 Å². The molecule has 0 aromatic rings. The molecule has 1 unspecified atom stereocenters. The molecule has 1 saturated heterocycles. The summed E-state index contributed by atoms with van der Waals surface area (Å²) in [6.45, 7) is 5.23. The van der Waals surface area contributed by atoms with Gasteiger partial charge in [-0.15, -0.1) is 0 Å². The SMILES string of the molecule is CCC(C(=O)NN1CCN(C)CC1)C(N)=NO. The normalized spacial score (nSPS) is 21.2. The molecule has 98 valence electrons. The third-order valence-corrected chi connectivity index (χ3v) is 2.97. The largest absolute Gasteiger partial charge is 0.409 e. The molecule has 7 nitrogen and oxygen atoms in total. The minimum absolute atomic E-state index is 0.0425. The second kappa shape index (κ2) is 6.41. The Morgan fingerprint density at radius 3 is 2.53 bits per heavy atom. The van der Waals surface area contributed by atoms with Gasteiger partial charge in [0.25, 0.3) is 0 Å². The molecule has 17 heavy (non-hydrogen) atoms. The summed E-state index contributed by atoms with van der Waals surface area (Å²) in [6, 6.07) is 0. The molecule has 7 heteroatoms. The lowest BCUT2D eigenvalue weighted by Crippen LogP contribution is -2.54. The Labute approximate surface area is 101 Å². The Morgan fingerprint density at radius 2 is 2.06 bits per heavy atom. The summed E-state index contributed by atoms with van der Waals surface area (Å²) in [5.74, 6) is -0.828. The molecule has 0 spiro atoms. The quantitative estimate of drug-likeness (QED) is 0.256. The molecule has 1 fully saturated rings. The molecule has 0 radical (unpaired) electrons. The highest BCUT2D eigenvalue weighted by atomic mass is 16.4. The van der Waals surface area contributed by atoms with Gasteiger partial charge in [0, 0.05) is 26.2 Å². The van der Waals surface area contributed by atoms with E-state index in [1.54, 1.807) is 0 Å². The Kier molecular flexibility index (Phi) is 5.17. The number of nitrogens with zero attached hydrogens (tertiary/aromatic N) is 3. The van der Waals surface area contributed by atoms with E-state index in [9.17, 15) is 4.79 Å². The highest BCUT2D eigenvalue weighted by Gasteiger charge is 2.24. The molecule has 4 N–H and O–H groups in total. The molecular formula is C10H21N5O2. The van der Waals surface area contributed by atoms with E-state index in [-0.39, 0.29) is 11.7 Å². The zero-order valence-electron chi connectivity index (χ0n) is 10.4. The molecule has 0 aromatic carbocycles. The van der Waals surface area contributed by atoms with Crippen LogP contribution in [-0.4, -0.2) is 60.1 Å². The monoisotopic (exact) mass is 243 g/mol. The van der Waals surface area contributed by atoms with Crippen molar-refractivity contribution in [3.05, 3.63) is 0 Å². The molecule has 0 bridgehead atoms. The van der Waals surface area contributed by atoms with Crippen LogP contribution in [0.2, 0.25) is 0 Å². The predicted molar refractivity (Wildman–Crippen MR) is 64.4 cm³/mol. The van der Waals surface area contributed by atoms with E-state index in [0.717, 1.165) is 26.2 Å². The molecular weight excluding hydrogens is 222 g/mol. The topological polar surface area (TPSA) is 94.2 Å². The van der Waals surface area contributed by atoms with Crippen LogP contribution in [0, 0.1) is 5.92 Å². The van der Waals surface area contributed by atoms with E-state index >= 15 is 0 Å². The highest BCUT2D eigenvalue weighted by molar-refractivity contribution is 6.01. The minimum Gasteiger partial charge on any atom is -0.409 e. The first-order chi connectivity index (χ1) is 8.08. The molecule has 0 aromatic heterocycles. The fraction of sp³-hybridized carbons (Fsp3) is 0.800. The number of carbonyl (C=O) groups excluding carboxylic acids is 1. The number of likely N-dealkylation sites (N-methyl/N-ethyl adjacent to an activating group) is 1. The van der Waals surface area contributed by atoms with Gasteiger partial charge >= 0.3 is 0 Å². The van der Waals surface area contributed by atoms with Gasteiger partial charge in [0.1, 0.15) is 0 Å². The summed E-state index contributed by atoms with van der Waals surface area (Å²) < 4.78 is 0. The maximum absolute atomic E-state index is 11.9. The van der Waals surface area contributed by atoms with E-state index < -0.39 is 5.92 Å². The van der Waals surface area contributed by atoms with Crippen molar-refractivity contribution in [3.8, 4) is 0 Å². The average Bonchev–Trinajstić information content (AvgIpc) is 2.32. The van der Waals surface area contributed by atoms with Crippen LogP contribution in [0.4, 0.5) is 0 Å². The molecule has 1 rings (SSSR count). The predicted octanol–water partition coefficient (Wildman–Crippen LogP) is -0.962. The Morgan fingerprint density at radius 1 is 1.47 bits per heavy atom. The molecule has 1 heterocycles. The first-order valence-corrected chi connectivity index (χ1v) is 5.79. The van der Waals surface area contributed by atoms with Crippen molar-refractivity contribution >= 4 is 11.7 Å². The average molecular weight is 243 g/mol. The number of amides is 1. The number of hydrogen-bond acceptors (Lipinski definition) is 5. The second-order valence-corrected chi connectivity index (χ2v) is 4.25. The van der Waals surface area contributed by atoms with E-state index in [1.807, 2.05) is 19.0 Å². The smallest absolute Gasteiger partial charge is 0.245 e. The van der Waals surface area contributed by atoms with E-state index in [4.69, 9.17) is 10.9 Å². The summed E-state index contributed by atoms with van der Waals surface area (Å²) in [5, 5.41) is 13.4. The molecule has 0 saturated carbocycles. The van der Waals surface area contributed by atoms with Crippen LogP contribution in [0.15, 0.2) is 5.16 Å². The first-order valence-electron chi connectivity index (χ1n) is 5.79. The molecule has 1 atom stereocenters. The van der Waals surface area contributed by atoms with Gasteiger partial charge in [-0.2, -0.15) is 0 Å². The third kappa shape index (κ3) is 3.86. The number of hydrazine groups is 1. The lowest BCUT2D eigenvalue weighted by molar-refractivity contribution is -0.128. The number of amidine groups is 1. The summed E-state index contributed by atoms with van der Waals surface area (Å²) in [4.78, 5) is 14.1. The van der Waals surface area contributed by atoms with Gasteiger partial charge < -0.3 is 15.8 Å². The number of rotatable bonds is 4. The molecule has 1 aliphatic rings. The molecule has 0 aliphatic carbocycles. The van der Waals surface area contributed by atoms with Crippen molar-refractivity contribution in [2.45, 2.75) is 13.3 Å². The standard InChI is InChI=1S/C10H21N5O2/c1-3-8(9(11)13-17)10(16)12-15-6-4-14(2)5-7-15/h8,17H,3-7H2,1-2H3,(H2,11,13)(H,12,16). The zero-order chi connectivity index (χ0) is 12.8. The minimum atomic E-state index is -0.570. The number of oxime groups is 1. The van der Waals surface area contributed by atoms with Crippen molar-refractivity contribution in [2.75, 3.05) is 33.2 Å². The lowest BCUT2D eigenvalue weighted by atomic mass is 10.1. The maximum atomic E-state index is 11.9. The van der Waals surface area contributed by atoms with Gasteiger partial charge in [-0.1, -0.05) is 12.1 Å². The molecule has 1 amide bonds. The Bertz CT molecular complexity index is 286. The number of hydrogen-bond donors (Lipinski definition) is 3. The van der Waals surface area contributed by atoms with Crippen molar-refractivity contribution < 1.29 is 10.0 Å². The van der Waals surface area contributed by atoms with Crippen molar-refractivity contribution in [1.29, 1.82) is 0 Å². The van der Waals surface area contributed by atoms with Crippen LogP contribution in [0.1, 0.15) is 13.3 Å². The summed E-state index contributed by atoms with van der Waals surface area (Å²) in [6.07, 6.45) is 0.509. The van der Waals surface area contributed by atoms with Gasteiger partial charge in [0.15, 0.2) is 5.84 Å². The zero-order valence-corrected chi connectivity index (χ0v) is 10.4. The van der Waals surface area contributed by atoms with Gasteiger partial charge in [-0.25, -0.2) is 5.01 Å². The maximum Gasteiger partial charge on any atom is 0.245 e. The van der Waals surface area contributed by atoms with Crippen LogP contribution < -0.4 is 11.2 Å². The van der Waals surface area contributed by atoms with Crippen LogP contribution in [0.3, 0.4) is 0 Å². The Hall–Kier alpha value is -1.34. The Balaban J connectivity index is 2.47. The summed E-state index contributed by atoms with van der Waals surface area (Å²) in [7, 11) is 2.05. The van der Waals surface area contributed by atoms with Gasteiger partial charge in [0.2, 0.25) is 5.91 Å². The second-order valence-electron chi connectivity index (χ2n) is 4.25. The lowest BCUT2D eigenvalue weighted by Gasteiger charge is -2.33. The van der Waals surface area contributed by atoms with Gasteiger partial charge in [-0.05, 0) is 13.5 Å². The molecule has 1 aliphatic heterocycles. The number of nitrogens with one attached hydrogen (secondary N) is 1. The number of nitrogens with two attached hydrogens (primary N) is 1. The van der Waals surface area contributed by atoms with Crippen molar-refractivity contribution in [2.24, 2.45) is 16.8 Å². The van der Waals surface area contributed by atoms with Gasteiger partial charge in [-0.3, -0.25) is 10.2 Å². The van der Waals surface area contributed by atoms with Crippen LogP contribution in [0.5, 0.6) is 0 Å². The van der Waals surface area contributed by atoms with Crippen LogP contribution in [0.25, 0.3) is 0 Å². The summed E-state index contributed by atoms with van der Waals surface area (Å²) in [5.41, 5.74) is 8.27. The number of piperazine rings is 1. The van der Waals surface area contributed by atoms with Crippen LogP contribution in [-0.2, 0) is 4.79 Å². The fourth-order valence-electron chi connectivity index (χ4n) is 1.75. The van der Waals surface area contributed by atoms with E-state index in [1.165, 1.54) is 0 Å². The van der Waals surface area contributed by atoms with Crippen LogP contribution >= 0.6 is 0 Å². The number of carbonyl (C=O) groups is 1. The fourth-order valence-corrected chi connectivity index (χ4v) is 1.75. The highest BCUT2D eigenvalue weighted by Crippen LogP contribution is 2.04. The van der Waals surface area contributed by atoms with Gasteiger partial charge in [0.05, 0.1) is 5.92 Å². The van der Waals surface area contributed by atoms with Crippen molar-refractivity contribution in [1.82, 2.24) is 15.3 Å². The summed E-state index contributed by atoms with van der Waals surface area (Å²) >= 11 is 0.